The SMILES string of the molecule is N#CCC1(n2ccc(-c3nc(-c4ccc(O)c(C(N)=O)n4)cc4ncccc34)n2)CC(C#N)C1. The van der Waals surface area contributed by atoms with Crippen molar-refractivity contribution in [3.05, 3.63) is 54.5 Å². The average molecular weight is 450 g/mol. The molecule has 1 aliphatic rings. The van der Waals surface area contributed by atoms with Gasteiger partial charge in [0.15, 0.2) is 5.69 Å². The van der Waals surface area contributed by atoms with Crippen molar-refractivity contribution in [2.75, 3.05) is 0 Å². The summed E-state index contributed by atoms with van der Waals surface area (Å²) in [6.45, 7) is 0. The first-order valence-electron chi connectivity index (χ1n) is 10.5. The Bertz CT molecular complexity index is 1520. The highest BCUT2D eigenvalue weighted by molar-refractivity contribution is 5.95. The minimum absolute atomic E-state index is 0.0903. The molecule has 0 radical (unpaired) electrons. The minimum Gasteiger partial charge on any atom is -0.505 e. The van der Waals surface area contributed by atoms with Gasteiger partial charge in [-0.2, -0.15) is 15.6 Å². The maximum atomic E-state index is 11.6. The molecule has 0 atom stereocenters. The van der Waals surface area contributed by atoms with E-state index in [0.29, 0.717) is 41.1 Å². The van der Waals surface area contributed by atoms with Crippen molar-refractivity contribution in [3.63, 3.8) is 0 Å². The van der Waals surface area contributed by atoms with E-state index < -0.39 is 11.4 Å². The van der Waals surface area contributed by atoms with E-state index in [1.54, 1.807) is 35.3 Å². The molecule has 10 nitrogen and oxygen atoms in total. The number of aromatic nitrogens is 5. The van der Waals surface area contributed by atoms with Crippen LogP contribution in [0, 0.1) is 28.6 Å². The van der Waals surface area contributed by atoms with E-state index in [9.17, 15) is 20.4 Å². The number of carbonyl (C=O) groups is 1. The Morgan fingerprint density at radius 1 is 1.18 bits per heavy atom. The molecular weight excluding hydrogens is 432 g/mol. The van der Waals surface area contributed by atoms with Crippen LogP contribution in [0.5, 0.6) is 5.75 Å². The summed E-state index contributed by atoms with van der Waals surface area (Å²) >= 11 is 0. The fraction of sp³-hybridized carbons (Fsp3) is 0.208. The normalized spacial score (nSPS) is 19.2. The first-order valence-corrected chi connectivity index (χ1v) is 10.5. The van der Waals surface area contributed by atoms with Gasteiger partial charge in [-0.25, -0.2) is 9.97 Å². The Kier molecular flexibility index (Phi) is 4.91. The fourth-order valence-electron chi connectivity index (χ4n) is 4.40. The van der Waals surface area contributed by atoms with Crippen molar-refractivity contribution >= 4 is 16.8 Å². The first kappa shape index (κ1) is 21.0. The van der Waals surface area contributed by atoms with E-state index in [1.165, 1.54) is 6.07 Å². The molecule has 1 amide bonds. The molecule has 34 heavy (non-hydrogen) atoms. The number of rotatable bonds is 5. The van der Waals surface area contributed by atoms with Gasteiger partial charge in [0, 0.05) is 17.8 Å². The van der Waals surface area contributed by atoms with Gasteiger partial charge in [-0.05, 0) is 49.2 Å². The van der Waals surface area contributed by atoms with Crippen LogP contribution in [0.1, 0.15) is 29.8 Å². The van der Waals surface area contributed by atoms with Crippen LogP contribution in [0.4, 0.5) is 0 Å². The number of aromatic hydroxyl groups is 1. The molecule has 3 N–H and O–H groups in total. The third kappa shape index (κ3) is 3.38. The number of nitriles is 2. The van der Waals surface area contributed by atoms with E-state index in [-0.39, 0.29) is 23.8 Å². The highest BCUT2D eigenvalue weighted by atomic mass is 16.3. The zero-order valence-electron chi connectivity index (χ0n) is 17.9. The number of hydrogen-bond acceptors (Lipinski definition) is 8. The zero-order valence-corrected chi connectivity index (χ0v) is 17.9. The molecule has 1 aliphatic carbocycles. The number of pyridine rings is 3. The highest BCUT2D eigenvalue weighted by Gasteiger charge is 2.46. The number of carbonyl (C=O) groups excluding carboxylic acids is 1. The molecule has 4 heterocycles. The lowest BCUT2D eigenvalue weighted by Gasteiger charge is -2.43. The van der Waals surface area contributed by atoms with E-state index in [2.05, 4.69) is 22.1 Å². The Morgan fingerprint density at radius 2 is 2.00 bits per heavy atom. The van der Waals surface area contributed by atoms with Crippen LogP contribution < -0.4 is 5.73 Å². The third-order valence-corrected chi connectivity index (χ3v) is 6.13. The predicted molar refractivity (Wildman–Crippen MR) is 121 cm³/mol. The molecule has 0 aliphatic heterocycles. The first-order chi connectivity index (χ1) is 16.4. The monoisotopic (exact) mass is 450 g/mol. The number of primary amides is 1. The van der Waals surface area contributed by atoms with Gasteiger partial charge in [0.2, 0.25) is 0 Å². The summed E-state index contributed by atoms with van der Waals surface area (Å²) < 4.78 is 1.76. The average Bonchev–Trinajstić information content (AvgIpc) is 3.31. The van der Waals surface area contributed by atoms with Gasteiger partial charge in [0.25, 0.3) is 5.91 Å². The largest absolute Gasteiger partial charge is 0.505 e. The summed E-state index contributed by atoms with van der Waals surface area (Å²) in [6, 6.07) is 14.6. The molecule has 0 aromatic carbocycles. The molecule has 5 rings (SSSR count). The Morgan fingerprint density at radius 3 is 2.74 bits per heavy atom. The molecule has 10 heteroatoms. The van der Waals surface area contributed by atoms with Crippen molar-refractivity contribution in [1.29, 1.82) is 10.5 Å². The molecule has 0 bridgehead atoms. The summed E-state index contributed by atoms with van der Waals surface area (Å²) in [6.07, 6.45) is 4.87. The van der Waals surface area contributed by atoms with Gasteiger partial charge in [-0.1, -0.05) is 0 Å². The molecule has 0 saturated heterocycles. The molecule has 0 unspecified atom stereocenters. The second-order valence-electron chi connectivity index (χ2n) is 8.29. The van der Waals surface area contributed by atoms with Gasteiger partial charge in [-0.15, -0.1) is 0 Å². The number of nitrogens with zero attached hydrogens (tertiary/aromatic N) is 7. The molecule has 4 aromatic rings. The van der Waals surface area contributed by atoms with Gasteiger partial charge in [0.1, 0.15) is 17.1 Å². The topological polar surface area (TPSA) is 167 Å². The van der Waals surface area contributed by atoms with E-state index in [4.69, 9.17) is 15.8 Å². The quantitative estimate of drug-likeness (QED) is 0.468. The van der Waals surface area contributed by atoms with E-state index in [1.807, 2.05) is 12.1 Å². The van der Waals surface area contributed by atoms with Crippen LogP contribution in [0.3, 0.4) is 0 Å². The fourth-order valence-corrected chi connectivity index (χ4v) is 4.40. The van der Waals surface area contributed by atoms with Gasteiger partial charge >= 0.3 is 0 Å². The van der Waals surface area contributed by atoms with Crippen molar-refractivity contribution in [2.24, 2.45) is 11.7 Å². The second kappa shape index (κ2) is 7.94. The third-order valence-electron chi connectivity index (χ3n) is 6.13. The standard InChI is InChI=1S/C24H18N8O2/c25-7-6-24(11-14(12-24)13-26)32-9-5-17(31-32)21-15-2-1-8-28-18(15)10-19(30-21)16-3-4-20(33)22(29-16)23(27)34/h1-5,8-10,14,33H,6,11-12H2,(H2,27,34). The number of amides is 1. The lowest BCUT2D eigenvalue weighted by atomic mass is 9.67. The van der Waals surface area contributed by atoms with E-state index >= 15 is 0 Å². The smallest absolute Gasteiger partial charge is 0.271 e. The lowest BCUT2D eigenvalue weighted by Crippen LogP contribution is -2.46. The summed E-state index contributed by atoms with van der Waals surface area (Å²) in [4.78, 5) is 25.0. The van der Waals surface area contributed by atoms with Crippen LogP contribution in [0.25, 0.3) is 33.7 Å². The summed E-state index contributed by atoms with van der Waals surface area (Å²) in [5, 5.41) is 34.0. The van der Waals surface area contributed by atoms with Crippen LogP contribution in [-0.2, 0) is 5.54 Å². The van der Waals surface area contributed by atoms with Crippen LogP contribution in [0.2, 0.25) is 0 Å². The Labute approximate surface area is 193 Å². The second-order valence-corrected chi connectivity index (χ2v) is 8.29. The Hall–Kier alpha value is -4.83. The van der Waals surface area contributed by atoms with Crippen molar-refractivity contribution in [3.8, 4) is 40.7 Å². The number of nitrogens with two attached hydrogens (primary N) is 1. The van der Waals surface area contributed by atoms with Crippen molar-refractivity contribution in [1.82, 2.24) is 24.7 Å². The number of hydrogen-bond donors (Lipinski definition) is 2. The molecule has 0 spiro atoms. The molecule has 166 valence electrons. The minimum atomic E-state index is -0.851. The maximum Gasteiger partial charge on any atom is 0.271 e. The maximum absolute atomic E-state index is 11.6. The number of fused-ring (bicyclic) bond motifs is 1. The van der Waals surface area contributed by atoms with Crippen molar-refractivity contribution < 1.29 is 9.90 Å². The molecule has 4 aromatic heterocycles. The summed E-state index contributed by atoms with van der Waals surface area (Å²) in [5.74, 6) is -1.25. The van der Waals surface area contributed by atoms with Crippen LogP contribution in [-0.4, -0.2) is 35.7 Å². The van der Waals surface area contributed by atoms with Crippen LogP contribution in [0.15, 0.2) is 48.8 Å². The van der Waals surface area contributed by atoms with Gasteiger partial charge in [0.05, 0.1) is 46.9 Å². The summed E-state index contributed by atoms with van der Waals surface area (Å²) in [5.41, 5.74) is 7.12. The predicted octanol–water partition coefficient (Wildman–Crippen LogP) is 2.90. The van der Waals surface area contributed by atoms with E-state index in [0.717, 1.165) is 5.39 Å². The van der Waals surface area contributed by atoms with Gasteiger partial charge < -0.3 is 10.8 Å². The zero-order chi connectivity index (χ0) is 23.9. The van der Waals surface area contributed by atoms with Crippen molar-refractivity contribution in [2.45, 2.75) is 24.8 Å². The van der Waals surface area contributed by atoms with Gasteiger partial charge in [-0.3, -0.25) is 14.5 Å². The highest BCUT2D eigenvalue weighted by Crippen LogP contribution is 2.46. The summed E-state index contributed by atoms with van der Waals surface area (Å²) in [7, 11) is 0. The van der Waals surface area contributed by atoms with Crippen LogP contribution >= 0.6 is 0 Å². The Balaban J connectivity index is 1.63. The molecule has 1 saturated carbocycles. The lowest BCUT2D eigenvalue weighted by molar-refractivity contribution is 0.0884. The molecular formula is C24H18N8O2. The molecule has 1 fully saturated rings.